The Kier molecular flexibility index (Phi) is 6.49. The average molecular weight is 214 g/mol. The largest absolute Gasteiger partial charge is 0.388 e. The molecule has 0 bridgehead atoms. The van der Waals surface area contributed by atoms with Gasteiger partial charge in [0.2, 0.25) is 0 Å². The summed E-state index contributed by atoms with van der Waals surface area (Å²) in [5.41, 5.74) is 5.30. The van der Waals surface area contributed by atoms with Crippen LogP contribution in [0.2, 0.25) is 0 Å². The number of carbonyl (C=O) groups is 1. The third kappa shape index (κ3) is 5.24. The molecule has 0 aliphatic rings. The molecule has 0 aliphatic carbocycles. The van der Waals surface area contributed by atoms with Crippen LogP contribution in [0, 0.1) is 5.41 Å². The molecule has 0 spiro atoms. The Morgan fingerprint density at radius 2 is 1.93 bits per heavy atom. The number of nitrogens with two attached hydrogens (primary N) is 1. The predicted octanol–water partition coefficient (Wildman–Crippen LogP) is 1.14. The first kappa shape index (κ1) is 13.7. The summed E-state index contributed by atoms with van der Waals surface area (Å²) in [6.45, 7) is 7.23. The van der Waals surface area contributed by atoms with Gasteiger partial charge in [0, 0.05) is 25.6 Å². The molecule has 5 nitrogen and oxygen atoms in total. The lowest BCUT2D eigenvalue weighted by atomic mass is 10.1. The van der Waals surface area contributed by atoms with Crippen LogP contribution in [-0.4, -0.2) is 35.9 Å². The van der Waals surface area contributed by atoms with Crippen molar-refractivity contribution in [2.45, 2.75) is 39.7 Å². The van der Waals surface area contributed by atoms with Crippen LogP contribution in [0.5, 0.6) is 0 Å². The second-order valence-electron chi connectivity index (χ2n) is 3.46. The predicted molar refractivity (Wildman–Crippen MR) is 62.1 cm³/mol. The van der Waals surface area contributed by atoms with Crippen molar-refractivity contribution in [2.75, 3.05) is 13.1 Å². The van der Waals surface area contributed by atoms with Crippen LogP contribution in [0.4, 0.5) is 4.79 Å². The van der Waals surface area contributed by atoms with Crippen molar-refractivity contribution >= 4 is 11.9 Å². The Hall–Kier alpha value is -1.26. The molecule has 0 rings (SSSR count). The van der Waals surface area contributed by atoms with Crippen LogP contribution in [0.25, 0.3) is 0 Å². The molecular weight excluding hydrogens is 192 g/mol. The Morgan fingerprint density at radius 1 is 1.40 bits per heavy atom. The van der Waals surface area contributed by atoms with Crippen molar-refractivity contribution < 1.29 is 4.79 Å². The van der Waals surface area contributed by atoms with E-state index >= 15 is 0 Å². The Bertz CT molecular complexity index is 213. The molecule has 4 N–H and O–H groups in total. The standard InChI is InChI=1S/C10H22N4O/c1-4-8(7-9(11)12)13-10(15)14(5-2)6-3/h8H,4-7H2,1-3H3,(H3,11,12)(H,13,15). The molecule has 0 aromatic carbocycles. The summed E-state index contributed by atoms with van der Waals surface area (Å²) < 4.78 is 0. The van der Waals surface area contributed by atoms with Gasteiger partial charge >= 0.3 is 6.03 Å². The minimum Gasteiger partial charge on any atom is -0.388 e. The number of carbonyl (C=O) groups excluding carboxylic acids is 1. The van der Waals surface area contributed by atoms with Crippen LogP contribution >= 0.6 is 0 Å². The Balaban J connectivity index is 4.16. The summed E-state index contributed by atoms with van der Waals surface area (Å²) in [5, 5.41) is 10.0. The highest BCUT2D eigenvalue weighted by Crippen LogP contribution is 1.99. The lowest BCUT2D eigenvalue weighted by Crippen LogP contribution is -2.45. The first-order chi connectivity index (χ1) is 7.04. The lowest BCUT2D eigenvalue weighted by molar-refractivity contribution is 0.199. The molecular formula is C10H22N4O. The number of nitrogens with zero attached hydrogens (tertiary/aromatic N) is 1. The number of amidine groups is 1. The van der Waals surface area contributed by atoms with Gasteiger partial charge < -0.3 is 16.0 Å². The van der Waals surface area contributed by atoms with Gasteiger partial charge in [-0.3, -0.25) is 5.41 Å². The molecule has 1 atom stereocenters. The number of hydrogen-bond acceptors (Lipinski definition) is 2. The number of rotatable bonds is 6. The molecule has 0 saturated carbocycles. The lowest BCUT2D eigenvalue weighted by Gasteiger charge is -2.23. The molecule has 0 heterocycles. The fourth-order valence-electron chi connectivity index (χ4n) is 1.34. The van der Waals surface area contributed by atoms with Gasteiger partial charge in [-0.15, -0.1) is 0 Å². The molecule has 0 aliphatic heterocycles. The van der Waals surface area contributed by atoms with Crippen molar-refractivity contribution in [3.63, 3.8) is 0 Å². The zero-order chi connectivity index (χ0) is 11.8. The minimum absolute atomic E-state index is 0.0319. The maximum atomic E-state index is 11.7. The highest BCUT2D eigenvalue weighted by molar-refractivity contribution is 5.79. The zero-order valence-electron chi connectivity index (χ0n) is 9.84. The number of nitrogens with one attached hydrogen (secondary N) is 2. The molecule has 0 saturated heterocycles. The SMILES string of the molecule is CCC(CC(=N)N)NC(=O)N(CC)CC. The Morgan fingerprint density at radius 3 is 2.27 bits per heavy atom. The molecule has 1 unspecified atom stereocenters. The third-order valence-electron chi connectivity index (χ3n) is 2.34. The zero-order valence-corrected chi connectivity index (χ0v) is 9.84. The van der Waals surface area contributed by atoms with E-state index in [-0.39, 0.29) is 17.9 Å². The van der Waals surface area contributed by atoms with Gasteiger partial charge in [-0.1, -0.05) is 6.92 Å². The molecule has 5 heteroatoms. The second kappa shape index (κ2) is 7.09. The summed E-state index contributed by atoms with van der Waals surface area (Å²) in [5.74, 6) is 0.113. The van der Waals surface area contributed by atoms with Crippen LogP contribution < -0.4 is 11.1 Å². The summed E-state index contributed by atoms with van der Waals surface area (Å²) in [6.07, 6.45) is 1.20. The van der Waals surface area contributed by atoms with Crippen molar-refractivity contribution in [1.82, 2.24) is 10.2 Å². The van der Waals surface area contributed by atoms with Crippen LogP contribution in [0.1, 0.15) is 33.6 Å². The number of amides is 2. The quantitative estimate of drug-likeness (QED) is 0.458. The van der Waals surface area contributed by atoms with Crippen molar-refractivity contribution in [1.29, 1.82) is 5.41 Å². The minimum atomic E-state index is -0.0758. The van der Waals surface area contributed by atoms with E-state index in [1.165, 1.54) is 0 Å². The van der Waals surface area contributed by atoms with Crippen LogP contribution in [0.15, 0.2) is 0 Å². The van der Waals surface area contributed by atoms with E-state index in [9.17, 15) is 4.79 Å². The molecule has 0 fully saturated rings. The van der Waals surface area contributed by atoms with E-state index in [2.05, 4.69) is 5.32 Å². The van der Waals surface area contributed by atoms with Gasteiger partial charge in [0.15, 0.2) is 0 Å². The molecule has 0 aromatic rings. The van der Waals surface area contributed by atoms with Gasteiger partial charge in [0.1, 0.15) is 0 Å². The van der Waals surface area contributed by atoms with Gasteiger partial charge in [0.05, 0.1) is 5.84 Å². The highest BCUT2D eigenvalue weighted by atomic mass is 16.2. The summed E-state index contributed by atoms with van der Waals surface area (Å²) in [7, 11) is 0. The monoisotopic (exact) mass is 214 g/mol. The third-order valence-corrected chi connectivity index (χ3v) is 2.34. The van der Waals surface area contributed by atoms with E-state index in [4.69, 9.17) is 11.1 Å². The van der Waals surface area contributed by atoms with Crippen molar-refractivity contribution in [2.24, 2.45) is 5.73 Å². The summed E-state index contributed by atoms with van der Waals surface area (Å²) >= 11 is 0. The van der Waals surface area contributed by atoms with Crippen molar-refractivity contribution in [3.8, 4) is 0 Å². The molecule has 15 heavy (non-hydrogen) atoms. The highest BCUT2D eigenvalue weighted by Gasteiger charge is 2.14. The van der Waals surface area contributed by atoms with Crippen LogP contribution in [-0.2, 0) is 0 Å². The van der Waals surface area contributed by atoms with Gasteiger partial charge in [-0.05, 0) is 20.3 Å². The maximum absolute atomic E-state index is 11.7. The Labute approximate surface area is 91.5 Å². The van der Waals surface area contributed by atoms with E-state index < -0.39 is 0 Å². The van der Waals surface area contributed by atoms with E-state index in [0.29, 0.717) is 19.5 Å². The van der Waals surface area contributed by atoms with Crippen molar-refractivity contribution in [3.05, 3.63) is 0 Å². The van der Waals surface area contributed by atoms with Crippen LogP contribution in [0.3, 0.4) is 0 Å². The van der Waals surface area contributed by atoms with Gasteiger partial charge in [-0.2, -0.15) is 0 Å². The average Bonchev–Trinajstić information content (AvgIpc) is 2.17. The number of hydrogen-bond donors (Lipinski definition) is 3. The molecule has 2 amide bonds. The molecule has 0 radical (unpaired) electrons. The van der Waals surface area contributed by atoms with Gasteiger partial charge in [0.25, 0.3) is 0 Å². The van der Waals surface area contributed by atoms with E-state index in [1.807, 2.05) is 20.8 Å². The maximum Gasteiger partial charge on any atom is 0.317 e. The van der Waals surface area contributed by atoms with Gasteiger partial charge in [-0.25, -0.2) is 4.79 Å². The smallest absolute Gasteiger partial charge is 0.317 e. The fraction of sp³-hybridized carbons (Fsp3) is 0.800. The molecule has 88 valence electrons. The number of urea groups is 1. The summed E-state index contributed by atoms with van der Waals surface area (Å²) in [4.78, 5) is 13.4. The first-order valence-corrected chi connectivity index (χ1v) is 5.43. The normalized spacial score (nSPS) is 11.9. The second-order valence-corrected chi connectivity index (χ2v) is 3.46. The van der Waals surface area contributed by atoms with E-state index in [0.717, 1.165) is 6.42 Å². The molecule has 0 aromatic heterocycles. The summed E-state index contributed by atoms with van der Waals surface area (Å²) in [6, 6.07) is -0.108. The fourth-order valence-corrected chi connectivity index (χ4v) is 1.34. The van der Waals surface area contributed by atoms with E-state index in [1.54, 1.807) is 4.90 Å². The topological polar surface area (TPSA) is 82.2 Å². The first-order valence-electron chi connectivity index (χ1n) is 5.43.